The number of anilines is 1. The zero-order valence-corrected chi connectivity index (χ0v) is 40.0. The van der Waals surface area contributed by atoms with E-state index in [4.69, 9.17) is 20.7 Å². The van der Waals surface area contributed by atoms with Gasteiger partial charge in [0.25, 0.3) is 0 Å². The summed E-state index contributed by atoms with van der Waals surface area (Å²) in [4.78, 5) is 11.9. The fourth-order valence-corrected chi connectivity index (χ4v) is 7.40. The van der Waals surface area contributed by atoms with Crippen molar-refractivity contribution in [2.24, 2.45) is 4.99 Å². The summed E-state index contributed by atoms with van der Waals surface area (Å²) in [5.74, 6) is 3.88. The Labute approximate surface area is 381 Å². The van der Waals surface area contributed by atoms with Gasteiger partial charge in [0.05, 0.1) is 12.2 Å². The molecule has 12 heteroatoms. The molecule has 4 aromatic carbocycles. The topological polar surface area (TPSA) is 108 Å². The number of benzene rings is 4. The summed E-state index contributed by atoms with van der Waals surface area (Å²) in [6, 6.07) is 29.9. The van der Waals surface area contributed by atoms with Gasteiger partial charge in [0.2, 0.25) is 0 Å². The Kier molecular flexibility index (Phi) is 18.0. The number of halogens is 2. The average Bonchev–Trinajstić information content (AvgIpc) is 3.78. The third-order valence-corrected chi connectivity index (χ3v) is 9.73. The van der Waals surface area contributed by atoms with Gasteiger partial charge in [-0.2, -0.15) is 0 Å². The summed E-state index contributed by atoms with van der Waals surface area (Å²) >= 11 is 1.76. The maximum atomic E-state index is 8.58. The molecular weight excluding hydrogens is 878 g/mol. The predicted octanol–water partition coefficient (Wildman–Crippen LogP) is 7.97. The van der Waals surface area contributed by atoms with E-state index in [0.29, 0.717) is 23.7 Å². The number of imidazole rings is 1. The Balaban J connectivity index is 0.000000254. The van der Waals surface area contributed by atoms with Gasteiger partial charge in [0.15, 0.2) is 0 Å². The summed E-state index contributed by atoms with van der Waals surface area (Å²) in [6.07, 6.45) is 3.96. The van der Waals surface area contributed by atoms with Crippen LogP contribution in [0.15, 0.2) is 111 Å². The summed E-state index contributed by atoms with van der Waals surface area (Å²) < 4.78 is 38.9. The molecule has 8 nitrogen and oxygen atoms in total. The average molecular weight is 927 g/mol. The second-order valence-electron chi connectivity index (χ2n) is 14.1. The fraction of sp³-hybridized carbons (Fsp3) is 0.333. The standard InChI is InChI=1S/C21H25BrN2.C21H23BrN2.K.Mn.4O/c2*1-14(2)18-12-17(22)13-19(15(3)4)20(18)24-11-10-23-21(24)16-8-6-5-7-9-16;;;;;;/h5-9,12-15H,10-11H2,1-4H3;5-15H,1-4H3;;;;;;/q;;+1;;;;;-1. The van der Waals surface area contributed by atoms with Crippen LogP contribution in [0.4, 0.5) is 5.69 Å². The maximum absolute atomic E-state index is 8.58. The van der Waals surface area contributed by atoms with Gasteiger partial charge in [-0.25, -0.2) is 4.98 Å². The first kappa shape index (κ1) is 46.4. The third-order valence-electron chi connectivity index (χ3n) is 8.81. The Morgan fingerprint density at radius 3 is 1.44 bits per heavy atom. The first-order chi connectivity index (χ1) is 25.0. The Bertz CT molecular complexity index is 2130. The molecule has 282 valence electrons. The van der Waals surface area contributed by atoms with Crippen LogP contribution >= 0.6 is 31.9 Å². The Morgan fingerprint density at radius 1 is 0.648 bits per heavy atom. The van der Waals surface area contributed by atoms with E-state index in [1.54, 1.807) is 0 Å². The monoisotopic (exact) mass is 924 g/mol. The molecule has 0 saturated heterocycles. The van der Waals surface area contributed by atoms with Crippen molar-refractivity contribution in [1.29, 1.82) is 0 Å². The zero-order valence-electron chi connectivity index (χ0n) is 32.5. The van der Waals surface area contributed by atoms with Crippen molar-refractivity contribution in [2.75, 3.05) is 18.0 Å². The van der Waals surface area contributed by atoms with E-state index in [0.717, 1.165) is 39.3 Å². The van der Waals surface area contributed by atoms with Crippen molar-refractivity contribution >= 4 is 43.4 Å². The first-order valence-electron chi connectivity index (χ1n) is 17.7. The van der Waals surface area contributed by atoms with E-state index in [2.05, 4.69) is 187 Å². The minimum absolute atomic E-state index is 0. The van der Waals surface area contributed by atoms with E-state index in [1.165, 1.54) is 39.2 Å². The van der Waals surface area contributed by atoms with Crippen molar-refractivity contribution < 1.29 is 80.0 Å². The first-order valence-corrected chi connectivity index (χ1v) is 21.2. The van der Waals surface area contributed by atoms with Crippen LogP contribution in [0.25, 0.3) is 17.1 Å². The molecule has 5 aromatic rings. The molecule has 54 heavy (non-hydrogen) atoms. The van der Waals surface area contributed by atoms with E-state index in [1.807, 2.05) is 12.3 Å². The second kappa shape index (κ2) is 21.0. The van der Waals surface area contributed by atoms with Crippen LogP contribution in [-0.2, 0) is 24.5 Å². The molecule has 0 bridgehead atoms. The van der Waals surface area contributed by atoms with E-state index < -0.39 is 13.0 Å². The number of aromatic nitrogens is 2. The van der Waals surface area contributed by atoms with Crippen LogP contribution in [0.3, 0.4) is 0 Å². The molecule has 0 fully saturated rings. The van der Waals surface area contributed by atoms with Gasteiger partial charge in [-0.3, -0.25) is 9.56 Å². The molecule has 1 aromatic heterocycles. The molecule has 0 saturated carbocycles. The minimum atomic E-state index is -5.62. The van der Waals surface area contributed by atoms with Gasteiger partial charge in [0.1, 0.15) is 11.7 Å². The van der Waals surface area contributed by atoms with Crippen LogP contribution in [0, 0.1) is 0 Å². The van der Waals surface area contributed by atoms with Gasteiger partial charge in [-0.15, -0.1) is 0 Å². The number of nitrogens with zero attached hydrogens (tertiary/aromatic N) is 4. The molecule has 0 spiro atoms. The fourth-order valence-electron chi connectivity index (χ4n) is 6.42. The third kappa shape index (κ3) is 12.5. The Hall–Kier alpha value is -1.96. The molecule has 0 radical (unpaired) electrons. The molecule has 0 atom stereocenters. The van der Waals surface area contributed by atoms with Crippen LogP contribution in [-0.4, -0.2) is 28.5 Å². The zero-order chi connectivity index (χ0) is 39.0. The molecule has 2 heterocycles. The Morgan fingerprint density at radius 2 is 1.04 bits per heavy atom. The quantitative estimate of drug-likeness (QED) is 0.146. The van der Waals surface area contributed by atoms with Crippen LogP contribution in [0.2, 0.25) is 0 Å². The number of amidine groups is 1. The van der Waals surface area contributed by atoms with Gasteiger partial charge in [-0.1, -0.05) is 148 Å². The van der Waals surface area contributed by atoms with Gasteiger partial charge >= 0.3 is 80.0 Å². The SMILES string of the molecule is CC(C)c1cc(Br)cc(C(C)C)c1-n1ccnc1-c1ccccc1.CC(C)c1cc(Br)cc(C(C)C)c1N1CCN=C1c1ccccc1.[K+].[O]=[Mn](=[O])(=[O])[O-]. The molecule has 0 unspecified atom stereocenters. The molecule has 0 N–H and O–H groups in total. The molecule has 0 amide bonds. The van der Waals surface area contributed by atoms with Gasteiger partial charge < -0.3 is 4.90 Å². The summed E-state index contributed by atoms with van der Waals surface area (Å²) in [7, 11) is 0. The van der Waals surface area contributed by atoms with Crippen LogP contribution in [0.1, 0.15) is 107 Å². The summed E-state index contributed by atoms with van der Waals surface area (Å²) in [5.41, 5.74) is 10.4. The van der Waals surface area contributed by atoms with Crippen molar-refractivity contribution in [2.45, 2.75) is 79.1 Å². The molecule has 0 aliphatic carbocycles. The van der Waals surface area contributed by atoms with Crippen molar-refractivity contribution in [3.05, 3.63) is 134 Å². The van der Waals surface area contributed by atoms with E-state index in [-0.39, 0.29) is 51.4 Å². The second-order valence-corrected chi connectivity index (χ2v) is 17.1. The molecule has 1 aliphatic heterocycles. The molecular formula is C42H48Br2KMnN4O4. The van der Waals surface area contributed by atoms with Crippen molar-refractivity contribution in [3.8, 4) is 17.1 Å². The predicted molar refractivity (Wildman–Crippen MR) is 214 cm³/mol. The molecule has 6 rings (SSSR count). The van der Waals surface area contributed by atoms with Gasteiger partial charge in [0, 0.05) is 44.7 Å². The van der Waals surface area contributed by atoms with E-state index >= 15 is 0 Å². The summed E-state index contributed by atoms with van der Waals surface area (Å²) in [5, 5.41) is 0. The van der Waals surface area contributed by atoms with Gasteiger partial charge in [-0.05, 0) is 70.2 Å². The number of hydrogen-bond acceptors (Lipinski definition) is 7. The normalized spacial score (nSPS) is 12.6. The van der Waals surface area contributed by atoms with Crippen LogP contribution in [0.5, 0.6) is 0 Å². The van der Waals surface area contributed by atoms with Crippen molar-refractivity contribution in [3.63, 3.8) is 0 Å². The van der Waals surface area contributed by atoms with Crippen molar-refractivity contribution in [1.82, 2.24) is 9.55 Å². The van der Waals surface area contributed by atoms with Crippen LogP contribution < -0.4 is 60.5 Å². The number of rotatable bonds is 8. The molecule has 1 aliphatic rings. The number of hydrogen-bond donors (Lipinski definition) is 0. The summed E-state index contributed by atoms with van der Waals surface area (Å²) in [6.45, 7) is 19.9. The number of aliphatic imine (C=N–C) groups is 1. The van der Waals surface area contributed by atoms with E-state index in [9.17, 15) is 0 Å².